The Morgan fingerprint density at radius 3 is 2.43 bits per heavy atom. The van der Waals surface area contributed by atoms with Gasteiger partial charge in [-0.15, -0.1) is 0 Å². The van der Waals surface area contributed by atoms with E-state index in [4.69, 9.17) is 30.1 Å². The summed E-state index contributed by atoms with van der Waals surface area (Å²) in [6.07, 6.45) is -2.21. The van der Waals surface area contributed by atoms with Crippen molar-refractivity contribution in [3.63, 3.8) is 0 Å². The summed E-state index contributed by atoms with van der Waals surface area (Å²) in [5.74, 6) is -2.14. The number of hydrogen-bond acceptors (Lipinski definition) is 14. The molecule has 206 valence electrons. The van der Waals surface area contributed by atoms with Crippen LogP contribution in [0, 0.1) is 0 Å². The molecule has 0 aromatic carbocycles. The van der Waals surface area contributed by atoms with E-state index in [0.29, 0.717) is 0 Å². The van der Waals surface area contributed by atoms with E-state index in [9.17, 15) is 33.1 Å². The van der Waals surface area contributed by atoms with Crippen LogP contribution < -0.4 is 5.73 Å². The average Bonchev–Trinajstić information content (AvgIpc) is 3.33. The average molecular weight is 591 g/mol. The molecule has 37 heavy (non-hydrogen) atoms. The lowest BCUT2D eigenvalue weighted by Gasteiger charge is -2.21. The third-order valence-electron chi connectivity index (χ3n) is 4.52. The van der Waals surface area contributed by atoms with E-state index in [1.54, 1.807) is 0 Å². The first-order chi connectivity index (χ1) is 17.1. The van der Waals surface area contributed by atoms with Crippen molar-refractivity contribution in [3.05, 3.63) is 12.7 Å². The summed E-state index contributed by atoms with van der Waals surface area (Å²) in [4.78, 5) is 70.9. The molecular formula is C14H20N5O15P3. The van der Waals surface area contributed by atoms with Gasteiger partial charge >= 0.3 is 35.4 Å². The van der Waals surface area contributed by atoms with E-state index in [-0.39, 0.29) is 23.4 Å². The number of nitrogens with zero attached hydrogens (tertiary/aromatic N) is 4. The minimum Gasteiger partial charge on any atom is -0.481 e. The van der Waals surface area contributed by atoms with Gasteiger partial charge in [-0.2, -0.15) is 8.62 Å². The maximum Gasteiger partial charge on any atom is 0.490 e. The smallest absolute Gasteiger partial charge is 0.481 e. The van der Waals surface area contributed by atoms with Crippen molar-refractivity contribution in [1.29, 1.82) is 0 Å². The normalized spacial score (nSPS) is 23.4. The molecule has 5 atom stereocenters. The van der Waals surface area contributed by atoms with Gasteiger partial charge in [-0.05, 0) is 0 Å². The van der Waals surface area contributed by atoms with Gasteiger partial charge < -0.3 is 39.9 Å². The number of phosphoric acid groups is 3. The molecule has 1 fully saturated rings. The number of phosphoric ester groups is 1. The Morgan fingerprint density at radius 2 is 1.78 bits per heavy atom. The lowest BCUT2D eigenvalue weighted by Crippen LogP contribution is -2.31. The Bertz CT molecular complexity index is 1310. The van der Waals surface area contributed by atoms with Crippen LogP contribution in [0.4, 0.5) is 5.82 Å². The number of nitrogens with two attached hydrogens (primary N) is 1. The summed E-state index contributed by atoms with van der Waals surface area (Å²) in [7, 11) is -16.8. The number of aromatic nitrogens is 4. The first-order valence-corrected chi connectivity index (χ1v) is 14.4. The molecule has 1 saturated heterocycles. The molecule has 0 aliphatic carbocycles. The van der Waals surface area contributed by atoms with Crippen LogP contribution in [-0.2, 0) is 45.9 Å². The minimum atomic E-state index is -5.76. The number of ether oxygens (including phenoxy) is 2. The van der Waals surface area contributed by atoms with Crippen molar-refractivity contribution in [3.8, 4) is 0 Å². The van der Waals surface area contributed by atoms with E-state index in [1.165, 1.54) is 10.9 Å². The van der Waals surface area contributed by atoms with Crippen LogP contribution in [0.25, 0.3) is 11.2 Å². The van der Waals surface area contributed by atoms with Gasteiger partial charge in [-0.1, -0.05) is 0 Å². The number of nitrogen functional groups attached to an aromatic ring is 1. The highest BCUT2D eigenvalue weighted by atomic mass is 31.3. The third-order valence-corrected chi connectivity index (χ3v) is 8.32. The molecule has 7 N–H and O–H groups in total. The number of carbonyl (C=O) groups excluding carboxylic acids is 1. The first-order valence-electron chi connectivity index (χ1n) is 9.83. The monoisotopic (exact) mass is 591 g/mol. The van der Waals surface area contributed by atoms with Crippen LogP contribution in [0.5, 0.6) is 0 Å². The fourth-order valence-corrected chi connectivity index (χ4v) is 6.16. The van der Waals surface area contributed by atoms with Gasteiger partial charge in [0, 0.05) is 6.42 Å². The molecule has 20 nitrogen and oxygen atoms in total. The number of imidazole rings is 1. The number of carbonyl (C=O) groups is 2. The summed E-state index contributed by atoms with van der Waals surface area (Å²) in [6, 6.07) is 0. The van der Waals surface area contributed by atoms with E-state index in [2.05, 4.69) is 28.1 Å². The maximum absolute atomic E-state index is 12.1. The van der Waals surface area contributed by atoms with Crippen LogP contribution in [0.15, 0.2) is 12.7 Å². The molecule has 0 saturated carbocycles. The second-order valence-electron chi connectivity index (χ2n) is 7.26. The summed E-state index contributed by atoms with van der Waals surface area (Å²) in [6.45, 7) is -0.916. The van der Waals surface area contributed by atoms with Crippen molar-refractivity contribution >= 4 is 52.4 Å². The Balaban J connectivity index is 1.76. The quantitative estimate of drug-likeness (QED) is 0.138. The molecule has 0 radical (unpaired) electrons. The number of hydrogen-bond donors (Lipinski definition) is 6. The van der Waals surface area contributed by atoms with Gasteiger partial charge in [0.25, 0.3) is 0 Å². The Labute approximate surface area is 205 Å². The van der Waals surface area contributed by atoms with Gasteiger partial charge in [0.15, 0.2) is 11.5 Å². The fourth-order valence-electron chi connectivity index (χ4n) is 3.13. The van der Waals surface area contributed by atoms with Crippen molar-refractivity contribution in [2.45, 2.75) is 37.7 Å². The summed E-state index contributed by atoms with van der Waals surface area (Å²) >= 11 is 0. The van der Waals surface area contributed by atoms with Gasteiger partial charge in [-0.3, -0.25) is 18.7 Å². The Morgan fingerprint density at radius 1 is 1.08 bits per heavy atom. The van der Waals surface area contributed by atoms with E-state index in [0.717, 1.165) is 6.33 Å². The second kappa shape index (κ2) is 11.2. The zero-order valence-electron chi connectivity index (χ0n) is 18.2. The third kappa shape index (κ3) is 8.33. The van der Waals surface area contributed by atoms with Gasteiger partial charge in [0.05, 0.1) is 25.8 Å². The number of rotatable bonds is 12. The van der Waals surface area contributed by atoms with E-state index < -0.39 is 73.3 Å². The molecule has 0 amide bonds. The largest absolute Gasteiger partial charge is 0.490 e. The number of aliphatic carboxylic acids is 1. The number of anilines is 1. The van der Waals surface area contributed by atoms with Crippen LogP contribution in [0.2, 0.25) is 0 Å². The molecule has 2 aromatic rings. The van der Waals surface area contributed by atoms with Crippen LogP contribution in [0.1, 0.15) is 25.5 Å². The molecule has 1 aliphatic rings. The molecule has 1 aliphatic heterocycles. The topological polar surface area (TPSA) is 302 Å². The predicted octanol–water partition coefficient (Wildman–Crippen LogP) is -0.184. The lowest BCUT2D eigenvalue weighted by molar-refractivity contribution is -0.155. The van der Waals surface area contributed by atoms with E-state index in [1.807, 2.05) is 0 Å². The molecule has 23 heteroatoms. The number of carboxylic acids is 1. The zero-order valence-corrected chi connectivity index (χ0v) is 20.9. The molecular weight excluding hydrogens is 571 g/mol. The van der Waals surface area contributed by atoms with Gasteiger partial charge in [0.2, 0.25) is 0 Å². The molecule has 2 unspecified atom stereocenters. The second-order valence-corrected chi connectivity index (χ2v) is 11.7. The van der Waals surface area contributed by atoms with E-state index >= 15 is 0 Å². The van der Waals surface area contributed by atoms with Crippen molar-refractivity contribution in [2.24, 2.45) is 0 Å². The molecule has 3 heterocycles. The Hall–Kier alpha value is -2.34. The summed E-state index contributed by atoms with van der Waals surface area (Å²) < 4.78 is 58.5. The number of fused-ring (bicyclic) bond motifs is 1. The SMILES string of the molecule is Nc1ncnc2c1ncn2[C@H]1C[C@H](OC(=O)CCC(=O)O)[C@@H](COP(=O)(O)OP(=O)(O)OP(=O)(O)O)O1. The highest BCUT2D eigenvalue weighted by Gasteiger charge is 2.44. The zero-order chi connectivity index (χ0) is 27.6. The Kier molecular flexibility index (Phi) is 8.83. The van der Waals surface area contributed by atoms with Gasteiger partial charge in [-0.25, -0.2) is 28.6 Å². The van der Waals surface area contributed by atoms with Crippen molar-refractivity contribution in [1.82, 2.24) is 19.5 Å². The molecule has 0 spiro atoms. The van der Waals surface area contributed by atoms with Gasteiger partial charge in [0.1, 0.15) is 30.3 Å². The lowest BCUT2D eigenvalue weighted by atomic mass is 10.2. The standard InChI is InChI=1S/C14H20N5O15P3/c15-13-12-14(17-5-16-13)19(6-18-12)9-3-7(32-11(22)2-1-10(20)21)8(31-9)4-30-36(26,27)34-37(28,29)33-35(23,24)25/h5-9H,1-4H2,(H,20,21)(H,26,27)(H,28,29)(H2,15,16,17)(H2,23,24,25)/t7-,8+,9+/m0/s1. The molecule has 2 aromatic heterocycles. The summed E-state index contributed by atoms with van der Waals surface area (Å²) in [5.41, 5.74) is 6.19. The minimum absolute atomic E-state index is 0.0580. The number of carboxylic acid groups (broad SMARTS) is 1. The highest BCUT2D eigenvalue weighted by Crippen LogP contribution is 2.66. The van der Waals surface area contributed by atoms with Crippen molar-refractivity contribution < 1.29 is 70.6 Å². The predicted molar refractivity (Wildman–Crippen MR) is 115 cm³/mol. The maximum atomic E-state index is 12.1. The van der Waals surface area contributed by atoms with Crippen molar-refractivity contribution in [2.75, 3.05) is 12.3 Å². The van der Waals surface area contributed by atoms with Crippen LogP contribution >= 0.6 is 23.5 Å². The summed E-state index contributed by atoms with van der Waals surface area (Å²) in [5, 5.41) is 8.74. The molecule has 3 rings (SSSR count). The number of esters is 1. The van der Waals surface area contributed by atoms with Crippen LogP contribution in [0.3, 0.4) is 0 Å². The highest BCUT2D eigenvalue weighted by molar-refractivity contribution is 7.66. The van der Waals surface area contributed by atoms with Crippen LogP contribution in [-0.4, -0.2) is 75.0 Å². The fraction of sp³-hybridized carbons (Fsp3) is 0.500. The first kappa shape index (κ1) is 29.2. The molecule has 0 bridgehead atoms.